The first-order chi connectivity index (χ1) is 11.3. The Balaban J connectivity index is 1.57. The third-order valence-electron chi connectivity index (χ3n) is 5.17. The van der Waals surface area contributed by atoms with Crippen molar-refractivity contribution in [2.75, 3.05) is 5.32 Å². The van der Waals surface area contributed by atoms with Gasteiger partial charge in [0.05, 0.1) is 11.7 Å². The summed E-state index contributed by atoms with van der Waals surface area (Å²) in [6.45, 7) is 2.13. The first kappa shape index (κ1) is 14.6. The molecule has 2 aromatic heterocycles. The van der Waals surface area contributed by atoms with E-state index in [2.05, 4.69) is 34.3 Å². The molecule has 0 bridgehead atoms. The van der Waals surface area contributed by atoms with Crippen LogP contribution in [0, 0.1) is 12.8 Å². The second-order valence-corrected chi connectivity index (χ2v) is 6.95. The van der Waals surface area contributed by atoms with E-state index in [-0.39, 0.29) is 6.04 Å². The molecule has 0 aliphatic heterocycles. The van der Waals surface area contributed by atoms with Gasteiger partial charge in [0.25, 0.3) is 0 Å². The number of hydrogen-bond acceptors (Lipinski definition) is 4. The van der Waals surface area contributed by atoms with Crippen LogP contribution in [0.4, 0.5) is 5.95 Å². The van der Waals surface area contributed by atoms with E-state index in [1.165, 1.54) is 49.8 Å². The van der Waals surface area contributed by atoms with Crippen molar-refractivity contribution in [1.82, 2.24) is 15.0 Å². The van der Waals surface area contributed by atoms with Crippen LogP contribution in [0.3, 0.4) is 0 Å². The molecular formula is C19H24N4. The van der Waals surface area contributed by atoms with Gasteiger partial charge in [-0.15, -0.1) is 0 Å². The van der Waals surface area contributed by atoms with Crippen LogP contribution in [0.1, 0.15) is 67.4 Å². The Labute approximate surface area is 137 Å². The van der Waals surface area contributed by atoms with Gasteiger partial charge in [0, 0.05) is 24.0 Å². The van der Waals surface area contributed by atoms with Gasteiger partial charge in [0.15, 0.2) is 0 Å². The molecule has 0 spiro atoms. The lowest BCUT2D eigenvalue weighted by Gasteiger charge is -2.20. The molecule has 2 aromatic rings. The van der Waals surface area contributed by atoms with Crippen molar-refractivity contribution in [3.63, 3.8) is 0 Å². The van der Waals surface area contributed by atoms with Crippen LogP contribution in [0.15, 0.2) is 30.6 Å². The topological polar surface area (TPSA) is 50.7 Å². The van der Waals surface area contributed by atoms with E-state index in [9.17, 15) is 0 Å². The van der Waals surface area contributed by atoms with E-state index in [0.29, 0.717) is 11.8 Å². The van der Waals surface area contributed by atoms with Crippen LogP contribution in [-0.4, -0.2) is 15.0 Å². The molecule has 4 heteroatoms. The number of nitrogens with zero attached hydrogens (tertiary/aromatic N) is 3. The highest BCUT2D eigenvalue weighted by Crippen LogP contribution is 2.42. The minimum atomic E-state index is 0.232. The lowest BCUT2D eigenvalue weighted by Crippen LogP contribution is -2.18. The molecule has 1 N–H and O–H groups in total. The zero-order valence-corrected chi connectivity index (χ0v) is 13.7. The van der Waals surface area contributed by atoms with E-state index in [1.54, 1.807) is 0 Å². The standard InChI is InChI=1S/C19H24N4/c1-13-5-4-11-20-17(13)18(15-8-9-15)23-19-21-12-10-16(22-19)14-6-2-3-7-14/h4-5,10-12,14-15,18H,2-3,6-9H2,1H3,(H,21,22,23)/t18-/m0/s1. The molecule has 0 aromatic carbocycles. The molecule has 0 saturated heterocycles. The normalized spacial score (nSPS) is 19.7. The molecule has 0 radical (unpaired) electrons. The van der Waals surface area contributed by atoms with Gasteiger partial charge in [-0.25, -0.2) is 9.97 Å². The summed E-state index contributed by atoms with van der Waals surface area (Å²) in [7, 11) is 0. The maximum atomic E-state index is 4.81. The second kappa shape index (κ2) is 6.26. The molecule has 2 fully saturated rings. The second-order valence-electron chi connectivity index (χ2n) is 6.95. The van der Waals surface area contributed by atoms with E-state index >= 15 is 0 Å². The first-order valence-electron chi connectivity index (χ1n) is 8.82. The summed E-state index contributed by atoms with van der Waals surface area (Å²) in [5.41, 5.74) is 3.58. The fourth-order valence-electron chi connectivity index (χ4n) is 3.69. The van der Waals surface area contributed by atoms with Crippen LogP contribution in [0.25, 0.3) is 0 Å². The summed E-state index contributed by atoms with van der Waals surface area (Å²) in [5, 5.41) is 3.58. The Morgan fingerprint density at radius 3 is 2.61 bits per heavy atom. The van der Waals surface area contributed by atoms with Gasteiger partial charge in [-0.2, -0.15) is 0 Å². The molecule has 4 nitrogen and oxygen atoms in total. The highest BCUT2D eigenvalue weighted by Gasteiger charge is 2.34. The number of nitrogens with one attached hydrogen (secondary N) is 1. The molecule has 2 aliphatic carbocycles. The molecule has 0 unspecified atom stereocenters. The number of hydrogen-bond donors (Lipinski definition) is 1. The Hall–Kier alpha value is -1.97. The smallest absolute Gasteiger partial charge is 0.223 e. The summed E-state index contributed by atoms with van der Waals surface area (Å²) in [5.74, 6) is 2.04. The number of aryl methyl sites for hydroxylation is 1. The predicted molar refractivity (Wildman–Crippen MR) is 91.3 cm³/mol. The van der Waals surface area contributed by atoms with Gasteiger partial charge >= 0.3 is 0 Å². The maximum absolute atomic E-state index is 4.81. The van der Waals surface area contributed by atoms with Gasteiger partial charge in [-0.05, 0) is 56.2 Å². The third kappa shape index (κ3) is 3.21. The number of aromatic nitrogens is 3. The largest absolute Gasteiger partial charge is 0.346 e. The minimum Gasteiger partial charge on any atom is -0.346 e. The molecule has 0 amide bonds. The quantitative estimate of drug-likeness (QED) is 0.889. The molecule has 2 saturated carbocycles. The highest BCUT2D eigenvalue weighted by atomic mass is 15.1. The van der Waals surface area contributed by atoms with Crippen molar-refractivity contribution in [1.29, 1.82) is 0 Å². The average Bonchev–Trinajstić information content (AvgIpc) is 3.27. The van der Waals surface area contributed by atoms with Crippen molar-refractivity contribution < 1.29 is 0 Å². The first-order valence-corrected chi connectivity index (χ1v) is 8.82. The van der Waals surface area contributed by atoms with Crippen LogP contribution in [0.5, 0.6) is 0 Å². The van der Waals surface area contributed by atoms with Crippen molar-refractivity contribution in [3.05, 3.63) is 47.5 Å². The van der Waals surface area contributed by atoms with Gasteiger partial charge in [-0.3, -0.25) is 4.98 Å². The van der Waals surface area contributed by atoms with E-state index < -0.39 is 0 Å². The van der Waals surface area contributed by atoms with Gasteiger partial charge in [0.1, 0.15) is 0 Å². The molecule has 120 valence electrons. The zero-order valence-electron chi connectivity index (χ0n) is 13.7. The summed E-state index contributed by atoms with van der Waals surface area (Å²) in [6.07, 6.45) is 11.5. The van der Waals surface area contributed by atoms with Crippen LogP contribution < -0.4 is 5.32 Å². The molecule has 4 rings (SSSR count). The molecule has 23 heavy (non-hydrogen) atoms. The fraction of sp³-hybridized carbons (Fsp3) is 0.526. The van der Waals surface area contributed by atoms with Gasteiger partial charge in [0.2, 0.25) is 5.95 Å². The van der Waals surface area contributed by atoms with Crippen molar-refractivity contribution in [2.24, 2.45) is 5.92 Å². The maximum Gasteiger partial charge on any atom is 0.223 e. The third-order valence-corrected chi connectivity index (χ3v) is 5.17. The molecule has 2 heterocycles. The fourth-order valence-corrected chi connectivity index (χ4v) is 3.69. The number of rotatable bonds is 5. The number of anilines is 1. The zero-order chi connectivity index (χ0) is 15.6. The molecular weight excluding hydrogens is 284 g/mol. The van der Waals surface area contributed by atoms with Crippen molar-refractivity contribution in [3.8, 4) is 0 Å². The summed E-state index contributed by atoms with van der Waals surface area (Å²) in [6, 6.07) is 6.45. The summed E-state index contributed by atoms with van der Waals surface area (Å²) < 4.78 is 0. The average molecular weight is 308 g/mol. The molecule has 2 aliphatic rings. The Bertz CT molecular complexity index is 675. The SMILES string of the molecule is Cc1cccnc1[C@@H](Nc1nccc(C2CCCC2)n1)C1CC1. The van der Waals surface area contributed by atoms with E-state index in [4.69, 9.17) is 4.98 Å². The lowest BCUT2D eigenvalue weighted by molar-refractivity contribution is 0.641. The Morgan fingerprint density at radius 1 is 1.04 bits per heavy atom. The molecule has 1 atom stereocenters. The van der Waals surface area contributed by atoms with E-state index in [0.717, 1.165) is 11.6 Å². The summed E-state index contributed by atoms with van der Waals surface area (Å²) >= 11 is 0. The Morgan fingerprint density at radius 2 is 1.87 bits per heavy atom. The minimum absolute atomic E-state index is 0.232. The van der Waals surface area contributed by atoms with E-state index in [1.807, 2.05) is 18.5 Å². The van der Waals surface area contributed by atoms with Gasteiger partial charge in [-0.1, -0.05) is 18.9 Å². The van der Waals surface area contributed by atoms with Crippen molar-refractivity contribution >= 4 is 5.95 Å². The van der Waals surface area contributed by atoms with Crippen molar-refractivity contribution in [2.45, 2.75) is 57.4 Å². The number of pyridine rings is 1. The highest BCUT2D eigenvalue weighted by molar-refractivity contribution is 5.35. The van der Waals surface area contributed by atoms with Gasteiger partial charge < -0.3 is 5.32 Å². The predicted octanol–water partition coefficient (Wildman–Crippen LogP) is 4.40. The monoisotopic (exact) mass is 308 g/mol. The Kier molecular flexibility index (Phi) is 3.98. The summed E-state index contributed by atoms with van der Waals surface area (Å²) in [4.78, 5) is 13.9. The van der Waals surface area contributed by atoms with Crippen LogP contribution >= 0.6 is 0 Å². The lowest BCUT2D eigenvalue weighted by atomic mass is 10.0. The van der Waals surface area contributed by atoms with Crippen LogP contribution in [0.2, 0.25) is 0 Å². The van der Waals surface area contributed by atoms with Crippen LogP contribution in [-0.2, 0) is 0 Å².